The molecule has 1 aliphatic rings. The van der Waals surface area contributed by atoms with Crippen LogP contribution < -0.4 is 10.6 Å². The third kappa shape index (κ3) is 8.40. The van der Waals surface area contributed by atoms with Crippen LogP contribution in [-0.4, -0.2) is 72.5 Å². The van der Waals surface area contributed by atoms with E-state index in [-0.39, 0.29) is 24.0 Å². The fourth-order valence-electron chi connectivity index (χ4n) is 3.29. The van der Waals surface area contributed by atoms with Crippen molar-refractivity contribution in [1.29, 1.82) is 0 Å². The van der Waals surface area contributed by atoms with Gasteiger partial charge in [0.25, 0.3) is 0 Å². The van der Waals surface area contributed by atoms with Crippen LogP contribution in [0.4, 0.5) is 0 Å². The van der Waals surface area contributed by atoms with Crippen molar-refractivity contribution in [3.8, 4) is 11.3 Å². The molecule has 1 fully saturated rings. The van der Waals surface area contributed by atoms with Gasteiger partial charge in [0.15, 0.2) is 11.7 Å². The first-order valence-corrected chi connectivity index (χ1v) is 10.5. The molecule has 2 heterocycles. The number of aryl methyl sites for hydroxylation is 1. The zero-order valence-electron chi connectivity index (χ0n) is 18.6. The SMILES string of the molecule is CCNC(=NCc1ncc(-c2ccc(C)cc2)o1)NCC(C)(O)CN1CCOCC1.I. The van der Waals surface area contributed by atoms with Crippen LogP contribution in [0.2, 0.25) is 0 Å². The average molecular weight is 543 g/mol. The number of aliphatic imine (C=N–C) groups is 1. The molecule has 3 rings (SSSR count). The summed E-state index contributed by atoms with van der Waals surface area (Å²) in [6.07, 6.45) is 1.73. The average Bonchev–Trinajstić information content (AvgIpc) is 3.20. The molecule has 0 aliphatic carbocycles. The highest BCUT2D eigenvalue weighted by molar-refractivity contribution is 14.0. The predicted octanol–water partition coefficient (Wildman–Crippen LogP) is 2.41. The number of morpholine rings is 1. The highest BCUT2D eigenvalue weighted by Crippen LogP contribution is 2.21. The Balaban J connectivity index is 0.00000341. The van der Waals surface area contributed by atoms with Crippen molar-refractivity contribution in [2.75, 3.05) is 45.9 Å². The maximum atomic E-state index is 10.8. The third-order valence-corrected chi connectivity index (χ3v) is 4.91. The largest absolute Gasteiger partial charge is 0.439 e. The number of ether oxygens (including phenoxy) is 1. The molecule has 1 aliphatic heterocycles. The molecule has 0 radical (unpaired) electrons. The van der Waals surface area contributed by atoms with E-state index >= 15 is 0 Å². The maximum Gasteiger partial charge on any atom is 0.216 e. The van der Waals surface area contributed by atoms with Crippen molar-refractivity contribution in [1.82, 2.24) is 20.5 Å². The summed E-state index contributed by atoms with van der Waals surface area (Å²) < 4.78 is 11.2. The predicted molar refractivity (Wildman–Crippen MR) is 133 cm³/mol. The monoisotopic (exact) mass is 543 g/mol. The lowest BCUT2D eigenvalue weighted by molar-refractivity contribution is -0.0201. The number of hydrogen-bond acceptors (Lipinski definition) is 6. The van der Waals surface area contributed by atoms with Crippen LogP contribution in [0.15, 0.2) is 39.9 Å². The Morgan fingerprint density at radius 3 is 2.61 bits per heavy atom. The van der Waals surface area contributed by atoms with Crippen molar-refractivity contribution in [3.05, 3.63) is 41.9 Å². The number of rotatable bonds is 8. The van der Waals surface area contributed by atoms with Crippen molar-refractivity contribution < 1.29 is 14.3 Å². The van der Waals surface area contributed by atoms with E-state index in [0.717, 1.165) is 31.0 Å². The molecule has 0 saturated carbocycles. The topological polar surface area (TPSA) is 95.2 Å². The standard InChI is InChI=1S/C22H33N5O3.HI/c1-4-23-21(26-15-22(3,28)16-27-9-11-29-12-10-27)25-14-20-24-13-19(30-20)18-7-5-17(2)6-8-18;/h5-8,13,28H,4,9-12,14-16H2,1-3H3,(H2,23,25,26);1H. The number of aliphatic hydroxyl groups is 1. The molecule has 9 heteroatoms. The van der Waals surface area contributed by atoms with E-state index in [1.165, 1.54) is 5.56 Å². The van der Waals surface area contributed by atoms with E-state index in [1.54, 1.807) is 6.20 Å². The van der Waals surface area contributed by atoms with Crippen LogP contribution in [0, 0.1) is 6.92 Å². The van der Waals surface area contributed by atoms with Crippen molar-refractivity contribution in [2.24, 2.45) is 4.99 Å². The number of oxazole rings is 1. The maximum absolute atomic E-state index is 10.8. The van der Waals surface area contributed by atoms with E-state index in [2.05, 4.69) is 32.4 Å². The van der Waals surface area contributed by atoms with Gasteiger partial charge in [-0.05, 0) is 20.8 Å². The molecule has 8 nitrogen and oxygen atoms in total. The summed E-state index contributed by atoms with van der Waals surface area (Å²) in [4.78, 5) is 11.1. The number of guanidine groups is 1. The highest BCUT2D eigenvalue weighted by Gasteiger charge is 2.25. The van der Waals surface area contributed by atoms with Crippen LogP contribution >= 0.6 is 24.0 Å². The minimum absolute atomic E-state index is 0. The van der Waals surface area contributed by atoms with Gasteiger partial charge >= 0.3 is 0 Å². The van der Waals surface area contributed by atoms with Gasteiger partial charge < -0.3 is 24.9 Å². The van der Waals surface area contributed by atoms with E-state index < -0.39 is 5.60 Å². The van der Waals surface area contributed by atoms with E-state index in [1.807, 2.05) is 38.1 Å². The van der Waals surface area contributed by atoms with Gasteiger partial charge in [0.2, 0.25) is 5.89 Å². The molecule has 1 unspecified atom stereocenters. The summed E-state index contributed by atoms with van der Waals surface area (Å²) in [7, 11) is 0. The second-order valence-electron chi connectivity index (χ2n) is 7.92. The van der Waals surface area contributed by atoms with Crippen LogP contribution in [0.1, 0.15) is 25.3 Å². The lowest BCUT2D eigenvalue weighted by atomic mass is 10.1. The van der Waals surface area contributed by atoms with E-state index in [4.69, 9.17) is 9.15 Å². The number of hydrogen-bond donors (Lipinski definition) is 3. The van der Waals surface area contributed by atoms with Crippen molar-refractivity contribution in [3.63, 3.8) is 0 Å². The lowest BCUT2D eigenvalue weighted by Crippen LogP contribution is -2.52. The Morgan fingerprint density at radius 2 is 1.94 bits per heavy atom. The zero-order chi connectivity index (χ0) is 21.4. The van der Waals surface area contributed by atoms with Gasteiger partial charge in [-0.3, -0.25) is 4.90 Å². The number of aromatic nitrogens is 1. The number of benzene rings is 1. The minimum Gasteiger partial charge on any atom is -0.439 e. The summed E-state index contributed by atoms with van der Waals surface area (Å²) in [5.74, 6) is 1.89. The first-order valence-electron chi connectivity index (χ1n) is 10.5. The Morgan fingerprint density at radius 1 is 1.23 bits per heavy atom. The third-order valence-electron chi connectivity index (χ3n) is 4.91. The molecular weight excluding hydrogens is 509 g/mol. The Labute approximate surface area is 201 Å². The summed E-state index contributed by atoms with van der Waals surface area (Å²) in [6.45, 7) is 11.0. The smallest absolute Gasteiger partial charge is 0.216 e. The van der Waals surface area contributed by atoms with Gasteiger partial charge in [0.1, 0.15) is 6.54 Å². The van der Waals surface area contributed by atoms with Crippen LogP contribution in [-0.2, 0) is 11.3 Å². The Kier molecular flexibility index (Phi) is 10.2. The molecule has 1 aromatic heterocycles. The van der Waals surface area contributed by atoms with Gasteiger partial charge in [-0.1, -0.05) is 29.8 Å². The fraction of sp³-hybridized carbons (Fsp3) is 0.545. The fourth-order valence-corrected chi connectivity index (χ4v) is 3.29. The zero-order valence-corrected chi connectivity index (χ0v) is 20.9. The van der Waals surface area contributed by atoms with E-state index in [9.17, 15) is 5.11 Å². The van der Waals surface area contributed by atoms with Crippen LogP contribution in [0.25, 0.3) is 11.3 Å². The first-order chi connectivity index (χ1) is 14.4. The van der Waals surface area contributed by atoms with E-state index in [0.29, 0.717) is 44.7 Å². The van der Waals surface area contributed by atoms with Crippen LogP contribution in [0.5, 0.6) is 0 Å². The van der Waals surface area contributed by atoms with Gasteiger partial charge in [-0.25, -0.2) is 9.98 Å². The lowest BCUT2D eigenvalue weighted by Gasteiger charge is -2.34. The van der Waals surface area contributed by atoms with Crippen LogP contribution in [0.3, 0.4) is 0 Å². The molecule has 3 N–H and O–H groups in total. The molecular formula is C22H34IN5O3. The first kappa shape index (κ1) is 25.6. The Bertz CT molecular complexity index is 817. The quantitative estimate of drug-likeness (QED) is 0.268. The molecule has 2 aromatic rings. The number of nitrogens with zero attached hydrogens (tertiary/aromatic N) is 3. The molecule has 1 aromatic carbocycles. The summed E-state index contributed by atoms with van der Waals surface area (Å²) in [6, 6.07) is 8.13. The molecule has 0 spiro atoms. The number of halogens is 1. The molecule has 0 bridgehead atoms. The van der Waals surface area contributed by atoms with Gasteiger partial charge in [0.05, 0.1) is 25.0 Å². The van der Waals surface area contributed by atoms with Crippen molar-refractivity contribution >= 4 is 29.9 Å². The minimum atomic E-state index is -0.880. The summed E-state index contributed by atoms with van der Waals surface area (Å²) in [5.41, 5.74) is 1.32. The highest BCUT2D eigenvalue weighted by atomic mass is 127. The number of nitrogens with one attached hydrogen (secondary N) is 2. The Hall–Kier alpha value is -1.69. The molecule has 172 valence electrons. The normalized spacial score (nSPS) is 17.0. The number of β-amino-alcohol motifs (C(OH)–C–C–N with tert-alkyl or cyclic N) is 1. The second kappa shape index (κ2) is 12.4. The molecule has 31 heavy (non-hydrogen) atoms. The molecule has 0 amide bonds. The van der Waals surface area contributed by atoms with Crippen molar-refractivity contribution in [2.45, 2.75) is 32.9 Å². The molecule has 1 saturated heterocycles. The molecule has 1 atom stereocenters. The summed E-state index contributed by atoms with van der Waals surface area (Å²) in [5, 5.41) is 17.2. The van der Waals surface area contributed by atoms with Gasteiger partial charge in [-0.2, -0.15) is 0 Å². The van der Waals surface area contributed by atoms with Gasteiger partial charge in [-0.15, -0.1) is 24.0 Å². The summed E-state index contributed by atoms with van der Waals surface area (Å²) >= 11 is 0. The second-order valence-corrected chi connectivity index (χ2v) is 7.92. The van der Waals surface area contributed by atoms with Gasteiger partial charge in [0, 0.05) is 38.3 Å².